The number of hydrogen-bond acceptors (Lipinski definition) is 7. The number of halogens is 6. The molecule has 202 valence electrons. The third kappa shape index (κ3) is 5.73. The lowest BCUT2D eigenvalue weighted by Crippen LogP contribution is -2.43. The Hall–Kier alpha value is -3.71. The van der Waals surface area contributed by atoms with Crippen molar-refractivity contribution in [3.8, 4) is 0 Å². The highest BCUT2D eigenvalue weighted by Crippen LogP contribution is 2.39. The van der Waals surface area contributed by atoms with Gasteiger partial charge in [-0.15, -0.1) is 0 Å². The molecule has 38 heavy (non-hydrogen) atoms. The summed E-state index contributed by atoms with van der Waals surface area (Å²) in [5, 5.41) is 12.0. The molecule has 2 aliphatic heterocycles. The van der Waals surface area contributed by atoms with E-state index in [0.29, 0.717) is 6.07 Å². The molecule has 0 spiro atoms. The van der Waals surface area contributed by atoms with Crippen LogP contribution < -0.4 is 5.32 Å². The first-order chi connectivity index (χ1) is 17.9. The zero-order chi connectivity index (χ0) is 27.8. The summed E-state index contributed by atoms with van der Waals surface area (Å²) in [5.74, 6) is -8.03. The van der Waals surface area contributed by atoms with Gasteiger partial charge in [-0.3, -0.25) is 14.7 Å². The zero-order valence-corrected chi connectivity index (χ0v) is 20.2. The molecule has 2 aliphatic rings. The van der Waals surface area contributed by atoms with Gasteiger partial charge in [-0.2, -0.15) is 0 Å². The van der Waals surface area contributed by atoms with E-state index in [0.717, 1.165) is 36.3 Å². The maximum Gasteiger partial charge on any atom is 0.513 e. The van der Waals surface area contributed by atoms with E-state index in [-0.39, 0.29) is 33.4 Å². The summed E-state index contributed by atoms with van der Waals surface area (Å²) < 4.78 is 80.2. The minimum absolute atomic E-state index is 0.0764. The Balaban J connectivity index is 1.87. The Morgan fingerprint density at radius 3 is 2.50 bits per heavy atom. The first-order valence-corrected chi connectivity index (χ1v) is 11.3. The Kier molecular flexibility index (Phi) is 7.61. The molecule has 2 atom stereocenters. The molecule has 4 rings (SSSR count). The molecular formula is C24H19ClF5N3O5. The summed E-state index contributed by atoms with van der Waals surface area (Å²) in [7, 11) is 1.00. The molecule has 0 bridgehead atoms. The van der Waals surface area contributed by atoms with Gasteiger partial charge in [0.1, 0.15) is 35.4 Å². The van der Waals surface area contributed by atoms with E-state index in [1.807, 2.05) is 0 Å². The van der Waals surface area contributed by atoms with E-state index in [9.17, 15) is 36.6 Å². The Bertz CT molecular complexity index is 1350. The van der Waals surface area contributed by atoms with Gasteiger partial charge in [0, 0.05) is 29.6 Å². The van der Waals surface area contributed by atoms with Gasteiger partial charge in [0.2, 0.25) is 0 Å². The Morgan fingerprint density at radius 2 is 1.87 bits per heavy atom. The van der Waals surface area contributed by atoms with Crippen molar-refractivity contribution >= 4 is 29.6 Å². The number of hydrogen-bond donors (Lipinski definition) is 2. The summed E-state index contributed by atoms with van der Waals surface area (Å²) in [6.45, 7) is -1.49. The SMILES string of the molecule is COC(=O)OC1=C(CN2CC(F)(F)C[C@H]2C(=O)O)NC(c2ccc(F)cc2F)=N[C@@H]1c1ccc(F)cc1Cl. The van der Waals surface area contributed by atoms with Crippen LogP contribution in [0.5, 0.6) is 0 Å². The van der Waals surface area contributed by atoms with E-state index < -0.39 is 67.1 Å². The van der Waals surface area contributed by atoms with Crippen LogP contribution in [0.25, 0.3) is 0 Å². The highest BCUT2D eigenvalue weighted by atomic mass is 35.5. The fourth-order valence-electron chi connectivity index (χ4n) is 4.20. The summed E-state index contributed by atoms with van der Waals surface area (Å²) >= 11 is 6.23. The average Bonchev–Trinajstić information content (AvgIpc) is 3.14. The number of rotatable bonds is 6. The highest BCUT2D eigenvalue weighted by Gasteiger charge is 2.49. The second-order valence-corrected chi connectivity index (χ2v) is 8.92. The molecular weight excluding hydrogens is 541 g/mol. The van der Waals surface area contributed by atoms with Crippen LogP contribution >= 0.6 is 11.6 Å². The number of nitrogens with zero attached hydrogens (tertiary/aromatic N) is 2. The van der Waals surface area contributed by atoms with Crippen LogP contribution in [-0.2, 0) is 14.3 Å². The van der Waals surface area contributed by atoms with Crippen molar-refractivity contribution in [3.63, 3.8) is 0 Å². The van der Waals surface area contributed by atoms with Gasteiger partial charge in [0.05, 0.1) is 24.9 Å². The largest absolute Gasteiger partial charge is 0.513 e. The molecule has 2 heterocycles. The summed E-state index contributed by atoms with van der Waals surface area (Å²) in [5.41, 5.74) is -0.322. The van der Waals surface area contributed by atoms with Crippen LogP contribution in [0.3, 0.4) is 0 Å². The lowest BCUT2D eigenvalue weighted by molar-refractivity contribution is -0.142. The van der Waals surface area contributed by atoms with Crippen molar-refractivity contribution in [1.29, 1.82) is 0 Å². The predicted octanol–water partition coefficient (Wildman–Crippen LogP) is 4.64. The second kappa shape index (κ2) is 10.6. The van der Waals surface area contributed by atoms with Crippen LogP contribution in [0.4, 0.5) is 26.7 Å². The van der Waals surface area contributed by atoms with Gasteiger partial charge >= 0.3 is 12.1 Å². The quantitative estimate of drug-likeness (QED) is 0.393. The van der Waals surface area contributed by atoms with Gasteiger partial charge in [-0.05, 0) is 24.3 Å². The van der Waals surface area contributed by atoms with Crippen molar-refractivity contribution in [3.05, 3.63) is 81.5 Å². The van der Waals surface area contributed by atoms with E-state index in [1.165, 1.54) is 6.07 Å². The number of carboxylic acid groups (broad SMARTS) is 1. The van der Waals surface area contributed by atoms with Crippen LogP contribution in [0.15, 0.2) is 52.8 Å². The molecule has 0 unspecified atom stereocenters. The van der Waals surface area contributed by atoms with Crippen LogP contribution in [0.1, 0.15) is 23.6 Å². The molecule has 1 saturated heterocycles. The summed E-state index contributed by atoms with van der Waals surface area (Å²) in [6, 6.07) is 2.84. The molecule has 0 aromatic heterocycles. The van der Waals surface area contributed by atoms with Crippen LogP contribution in [0, 0.1) is 17.5 Å². The zero-order valence-electron chi connectivity index (χ0n) is 19.5. The topological polar surface area (TPSA) is 100 Å². The van der Waals surface area contributed by atoms with E-state index in [1.54, 1.807) is 0 Å². The molecule has 0 saturated carbocycles. The number of alkyl halides is 2. The lowest BCUT2D eigenvalue weighted by Gasteiger charge is -2.31. The maximum absolute atomic E-state index is 14.7. The number of benzene rings is 2. The fraction of sp³-hybridized carbons (Fsp3) is 0.292. The smallest absolute Gasteiger partial charge is 0.480 e. The number of aliphatic imine (C=N–C) groups is 1. The molecule has 14 heteroatoms. The molecule has 2 aromatic rings. The first kappa shape index (κ1) is 27.3. The van der Waals surface area contributed by atoms with Gasteiger partial charge in [-0.1, -0.05) is 17.7 Å². The van der Waals surface area contributed by atoms with Crippen LogP contribution in [-0.4, -0.2) is 60.1 Å². The van der Waals surface area contributed by atoms with Crippen molar-refractivity contribution in [2.24, 2.45) is 4.99 Å². The minimum Gasteiger partial charge on any atom is -0.480 e. The standard InChI is InChI=1S/C24H19ClF5N3O5/c1-37-23(36)38-20-17(9-33-10-24(29,30)8-18(33)22(34)35)31-21(14-5-3-12(27)7-16(14)28)32-19(20)13-4-2-11(26)6-15(13)25/h2-7,18-19H,8-10H2,1H3,(H,31,32)(H,34,35)/t18-,19+/m0/s1. The van der Waals surface area contributed by atoms with E-state index in [4.69, 9.17) is 16.3 Å². The van der Waals surface area contributed by atoms with Crippen LogP contribution in [0.2, 0.25) is 5.02 Å². The van der Waals surface area contributed by atoms with E-state index in [2.05, 4.69) is 15.0 Å². The predicted molar refractivity (Wildman–Crippen MR) is 123 cm³/mol. The highest BCUT2D eigenvalue weighted by molar-refractivity contribution is 6.31. The molecule has 8 nitrogen and oxygen atoms in total. The number of nitrogens with one attached hydrogen (secondary N) is 1. The number of carbonyl (C=O) groups excluding carboxylic acids is 1. The number of aliphatic carboxylic acids is 1. The second-order valence-electron chi connectivity index (χ2n) is 8.51. The van der Waals surface area contributed by atoms with Crippen molar-refractivity contribution in [2.45, 2.75) is 24.4 Å². The molecule has 0 amide bonds. The van der Waals surface area contributed by atoms with Gasteiger partial charge in [0.25, 0.3) is 5.92 Å². The number of carboxylic acids is 1. The van der Waals surface area contributed by atoms with Gasteiger partial charge < -0.3 is 19.9 Å². The summed E-state index contributed by atoms with van der Waals surface area (Å²) in [4.78, 5) is 29.1. The van der Waals surface area contributed by atoms with Gasteiger partial charge in [0.15, 0.2) is 5.76 Å². The molecule has 1 fully saturated rings. The summed E-state index contributed by atoms with van der Waals surface area (Å²) in [6.07, 6.45) is -2.21. The monoisotopic (exact) mass is 559 g/mol. The molecule has 0 radical (unpaired) electrons. The third-order valence-electron chi connectivity index (χ3n) is 5.89. The Morgan fingerprint density at radius 1 is 1.18 bits per heavy atom. The number of carbonyl (C=O) groups is 2. The first-order valence-electron chi connectivity index (χ1n) is 11.0. The maximum atomic E-state index is 14.7. The number of methoxy groups -OCH3 is 1. The Labute approximate surface area is 217 Å². The lowest BCUT2D eigenvalue weighted by atomic mass is 10.0. The normalized spacial score (nSPS) is 21.1. The fourth-order valence-corrected chi connectivity index (χ4v) is 4.48. The molecule has 0 aliphatic carbocycles. The van der Waals surface area contributed by atoms with Gasteiger partial charge in [-0.25, -0.2) is 26.7 Å². The van der Waals surface area contributed by atoms with E-state index >= 15 is 0 Å². The minimum atomic E-state index is -3.33. The average molecular weight is 560 g/mol. The molecule has 2 aromatic carbocycles. The number of likely N-dealkylation sites (tertiary alicyclic amines) is 1. The number of ether oxygens (including phenoxy) is 2. The molecule has 2 N–H and O–H groups in total. The third-order valence-corrected chi connectivity index (χ3v) is 6.22. The number of amidine groups is 1. The van der Waals surface area contributed by atoms with Crippen molar-refractivity contribution < 1.29 is 46.1 Å². The van der Waals surface area contributed by atoms with Crippen molar-refractivity contribution in [1.82, 2.24) is 10.2 Å². The van der Waals surface area contributed by atoms with Crippen molar-refractivity contribution in [2.75, 3.05) is 20.2 Å².